The Labute approximate surface area is 297 Å². The van der Waals surface area contributed by atoms with Crippen molar-refractivity contribution in [2.24, 2.45) is 11.8 Å². The summed E-state index contributed by atoms with van der Waals surface area (Å²) in [5.74, 6) is -2.62. The highest BCUT2D eigenvalue weighted by atomic mass is 79.9. The molecule has 3 aromatic carbocycles. The van der Waals surface area contributed by atoms with Gasteiger partial charge in [0.15, 0.2) is 0 Å². The average molecular weight is 727 g/mol. The van der Waals surface area contributed by atoms with E-state index in [1.165, 1.54) is 0 Å². The van der Waals surface area contributed by atoms with Gasteiger partial charge in [0.2, 0.25) is 11.8 Å². The van der Waals surface area contributed by atoms with Crippen molar-refractivity contribution in [2.75, 3.05) is 24.6 Å². The van der Waals surface area contributed by atoms with E-state index in [1.54, 1.807) is 26.9 Å². The van der Waals surface area contributed by atoms with E-state index in [0.29, 0.717) is 19.4 Å². The van der Waals surface area contributed by atoms with E-state index in [-0.39, 0.29) is 42.2 Å². The van der Waals surface area contributed by atoms with Crippen molar-refractivity contribution in [2.45, 2.75) is 61.8 Å². The van der Waals surface area contributed by atoms with Crippen LogP contribution in [0.15, 0.2) is 104 Å². The minimum atomic E-state index is -1.29. The normalized spacial score (nSPS) is 25.9. The molecule has 1 spiro atoms. The number of halogens is 1. The van der Waals surface area contributed by atoms with Crippen molar-refractivity contribution < 1.29 is 24.2 Å². The number of aryl methyl sites for hydroxylation is 2. The lowest BCUT2D eigenvalue weighted by Crippen LogP contribution is -2.59. The Bertz CT molecular complexity index is 1700. The smallest absolute Gasteiger partial charge is 0.253 e. The van der Waals surface area contributed by atoms with Crippen LogP contribution >= 0.6 is 15.9 Å². The molecule has 0 aliphatic carbocycles. The Kier molecular flexibility index (Phi) is 10.2. The Morgan fingerprint density at radius 1 is 0.959 bits per heavy atom. The summed E-state index contributed by atoms with van der Waals surface area (Å²) >= 11 is 3.81. The Morgan fingerprint density at radius 3 is 2.16 bits per heavy atom. The zero-order valence-electron chi connectivity index (χ0n) is 28.1. The van der Waals surface area contributed by atoms with E-state index in [1.807, 2.05) is 92.7 Å². The molecule has 3 heterocycles. The van der Waals surface area contributed by atoms with Crippen molar-refractivity contribution in [3.05, 3.63) is 126 Å². The Morgan fingerprint density at radius 2 is 1.57 bits per heavy atom. The molecule has 49 heavy (non-hydrogen) atoms. The van der Waals surface area contributed by atoms with Gasteiger partial charge in [-0.1, -0.05) is 107 Å². The van der Waals surface area contributed by atoms with Crippen molar-refractivity contribution in [1.82, 2.24) is 9.80 Å². The van der Waals surface area contributed by atoms with Gasteiger partial charge in [-0.2, -0.15) is 0 Å². The minimum absolute atomic E-state index is 0.208. The molecule has 3 aliphatic rings. The predicted octanol–water partition coefficient (Wildman–Crippen LogP) is 5.39. The fourth-order valence-electron chi connectivity index (χ4n) is 8.36. The zero-order chi connectivity index (χ0) is 34.9. The van der Waals surface area contributed by atoms with Crippen LogP contribution in [0.3, 0.4) is 0 Å². The highest BCUT2D eigenvalue weighted by Crippen LogP contribution is 2.61. The van der Waals surface area contributed by atoms with Crippen LogP contribution < -0.4 is 4.90 Å². The third-order valence-electron chi connectivity index (χ3n) is 10.3. The standard InChI is InChI=1S/C40H44BrN3O5/c1-5-20-42(24-29-18-11-8-12-19-29)37(46)32-33-38(47)44(30(25-45)22-28-16-9-7-10-17-28)36(40(33)23-31(41)35(32)49-40)39(48)43(21-6-2)34-26(3)14-13-15-27(34)4/h5-19,30-33,35-36,45H,1-2,20-25H2,3-4H3/t30-,31?,32+,33+,35+,36?,40?/m1/s1. The molecule has 3 amide bonds. The molecule has 2 bridgehead atoms. The highest BCUT2D eigenvalue weighted by Gasteiger charge is 2.77. The zero-order valence-corrected chi connectivity index (χ0v) is 29.7. The van der Waals surface area contributed by atoms with Gasteiger partial charge in [0.25, 0.3) is 5.91 Å². The number of alkyl halides is 1. The molecular formula is C40H44BrN3O5. The minimum Gasteiger partial charge on any atom is -0.394 e. The van der Waals surface area contributed by atoms with Crippen LogP contribution in [0.2, 0.25) is 0 Å². The van der Waals surface area contributed by atoms with E-state index in [2.05, 4.69) is 29.1 Å². The van der Waals surface area contributed by atoms with Crippen LogP contribution in [0.1, 0.15) is 28.7 Å². The van der Waals surface area contributed by atoms with Crippen LogP contribution in [0.25, 0.3) is 0 Å². The number of hydrogen-bond acceptors (Lipinski definition) is 5. The topological polar surface area (TPSA) is 90.4 Å². The highest BCUT2D eigenvalue weighted by molar-refractivity contribution is 9.09. The first-order valence-corrected chi connectivity index (χ1v) is 17.8. The lowest BCUT2D eigenvalue weighted by atomic mass is 9.70. The van der Waals surface area contributed by atoms with Crippen molar-refractivity contribution in [3.8, 4) is 0 Å². The number of para-hydroxylation sites is 1. The number of ether oxygens (including phenoxy) is 1. The molecule has 256 valence electrons. The summed E-state index contributed by atoms with van der Waals surface area (Å²) in [6.07, 6.45) is 3.44. The van der Waals surface area contributed by atoms with Crippen molar-refractivity contribution in [1.29, 1.82) is 0 Å². The maximum absolute atomic E-state index is 15.3. The first-order valence-electron chi connectivity index (χ1n) is 16.9. The number of carbonyl (C=O) groups excluding carboxylic acids is 3. The summed E-state index contributed by atoms with van der Waals surface area (Å²) in [6.45, 7) is 12.2. The van der Waals surface area contributed by atoms with Crippen molar-refractivity contribution >= 4 is 39.3 Å². The molecule has 1 N–H and O–H groups in total. The van der Waals surface area contributed by atoms with Gasteiger partial charge in [-0.05, 0) is 48.9 Å². The second kappa shape index (κ2) is 14.4. The number of amides is 3. The molecule has 0 aromatic heterocycles. The van der Waals surface area contributed by atoms with Gasteiger partial charge in [-0.25, -0.2) is 0 Å². The van der Waals surface area contributed by atoms with E-state index >= 15 is 9.59 Å². The fraction of sp³-hybridized carbons (Fsp3) is 0.375. The van der Waals surface area contributed by atoms with Crippen LogP contribution in [0, 0.1) is 25.7 Å². The maximum Gasteiger partial charge on any atom is 0.253 e. The van der Waals surface area contributed by atoms with Crippen LogP contribution in [0.5, 0.6) is 0 Å². The molecule has 8 nitrogen and oxygen atoms in total. The molecular weight excluding hydrogens is 682 g/mol. The van der Waals surface area contributed by atoms with Crippen LogP contribution in [0.4, 0.5) is 5.69 Å². The number of fused-ring (bicyclic) bond motifs is 1. The third kappa shape index (κ3) is 6.17. The molecule has 0 saturated carbocycles. The number of anilines is 1. The van der Waals surface area contributed by atoms with Crippen molar-refractivity contribution in [3.63, 3.8) is 0 Å². The maximum atomic E-state index is 15.3. The van der Waals surface area contributed by atoms with E-state index in [9.17, 15) is 9.90 Å². The summed E-state index contributed by atoms with van der Waals surface area (Å²) in [5, 5.41) is 10.9. The van der Waals surface area contributed by atoms with Crippen LogP contribution in [-0.2, 0) is 32.1 Å². The molecule has 3 aliphatic heterocycles. The Hall–Kier alpha value is -4.05. The molecule has 0 radical (unpaired) electrons. The van der Waals surface area contributed by atoms with Crippen LogP contribution in [-0.4, -0.2) is 80.9 Å². The number of carbonyl (C=O) groups is 3. The third-order valence-corrected chi connectivity index (χ3v) is 11.2. The lowest BCUT2D eigenvalue weighted by molar-refractivity contribution is -0.147. The van der Waals surface area contributed by atoms with E-state index in [4.69, 9.17) is 4.74 Å². The summed E-state index contributed by atoms with van der Waals surface area (Å²) in [5.41, 5.74) is 3.15. The molecule has 6 rings (SSSR count). The largest absolute Gasteiger partial charge is 0.394 e. The average Bonchev–Trinajstić information content (AvgIpc) is 3.70. The summed E-state index contributed by atoms with van der Waals surface area (Å²) in [7, 11) is 0. The number of hydrogen-bond donors (Lipinski definition) is 1. The van der Waals surface area contributed by atoms with E-state index < -0.39 is 35.6 Å². The summed E-state index contributed by atoms with van der Waals surface area (Å²) < 4.78 is 6.87. The SMILES string of the molecule is C=CCN(Cc1ccccc1)C(=O)[C@H]1[C@H]2C(=O)N([C@@H](CO)Cc3ccccc3)C(C(=O)N(CC=C)c3c(C)cccc3C)C23CC(Br)[C@@H]1O3. The van der Waals surface area contributed by atoms with Gasteiger partial charge in [0.1, 0.15) is 11.6 Å². The summed E-state index contributed by atoms with van der Waals surface area (Å²) in [6, 6.07) is 23.4. The number of aliphatic hydroxyl groups excluding tert-OH is 1. The number of nitrogens with zero attached hydrogens (tertiary/aromatic N) is 3. The second-order valence-corrected chi connectivity index (χ2v) is 14.6. The lowest BCUT2D eigenvalue weighted by Gasteiger charge is -2.40. The fourth-order valence-corrected chi connectivity index (χ4v) is 9.30. The quantitative estimate of drug-likeness (QED) is 0.189. The first-order chi connectivity index (χ1) is 23.7. The molecule has 3 unspecified atom stereocenters. The first kappa shape index (κ1) is 34.8. The van der Waals surface area contributed by atoms with Gasteiger partial charge >= 0.3 is 0 Å². The molecule has 7 atom stereocenters. The molecule has 3 fully saturated rings. The number of likely N-dealkylation sites (tertiary alicyclic amines) is 1. The van der Waals surface area contributed by atoms with Gasteiger partial charge in [0, 0.05) is 30.1 Å². The molecule has 9 heteroatoms. The van der Waals surface area contributed by atoms with Gasteiger partial charge < -0.3 is 24.5 Å². The second-order valence-electron chi connectivity index (χ2n) is 13.4. The van der Waals surface area contributed by atoms with Gasteiger partial charge in [-0.3, -0.25) is 14.4 Å². The Balaban J connectivity index is 1.47. The monoisotopic (exact) mass is 725 g/mol. The molecule has 3 aromatic rings. The van der Waals surface area contributed by atoms with Gasteiger partial charge in [0.05, 0.1) is 30.6 Å². The number of rotatable bonds is 13. The number of benzene rings is 3. The predicted molar refractivity (Wildman–Crippen MR) is 194 cm³/mol. The summed E-state index contributed by atoms with van der Waals surface area (Å²) in [4.78, 5) is 49.6. The van der Waals surface area contributed by atoms with E-state index in [0.717, 1.165) is 27.9 Å². The molecule has 3 saturated heterocycles. The number of aliphatic hydroxyl groups is 1. The van der Waals surface area contributed by atoms with Gasteiger partial charge in [-0.15, -0.1) is 13.2 Å².